The molecule has 0 aromatic heterocycles. The van der Waals surface area contributed by atoms with Crippen molar-refractivity contribution in [2.24, 2.45) is 17.3 Å². The van der Waals surface area contributed by atoms with Crippen LogP contribution in [0.2, 0.25) is 0 Å². The van der Waals surface area contributed by atoms with E-state index in [9.17, 15) is 14.0 Å². The number of nitrogens with zero attached hydrogens (tertiary/aromatic N) is 3. The van der Waals surface area contributed by atoms with Crippen molar-refractivity contribution >= 4 is 11.8 Å². The smallest absolute Gasteiger partial charge is 0.254 e. The first kappa shape index (κ1) is 28.5. The highest BCUT2D eigenvalue weighted by molar-refractivity contribution is 5.95. The lowest BCUT2D eigenvalue weighted by Gasteiger charge is -2.57. The van der Waals surface area contributed by atoms with Gasteiger partial charge < -0.3 is 9.80 Å². The first-order valence-corrected chi connectivity index (χ1v) is 14.8. The van der Waals surface area contributed by atoms with Gasteiger partial charge in [0.1, 0.15) is 5.82 Å². The fourth-order valence-electron chi connectivity index (χ4n) is 6.64. The van der Waals surface area contributed by atoms with Crippen molar-refractivity contribution in [2.75, 3.05) is 45.8 Å². The van der Waals surface area contributed by atoms with E-state index in [4.69, 9.17) is 0 Å². The Morgan fingerprint density at radius 1 is 0.950 bits per heavy atom. The number of carbonyl (C=O) groups is 2. The molecule has 1 saturated heterocycles. The molecule has 5 nitrogen and oxygen atoms in total. The molecule has 1 heterocycles. The van der Waals surface area contributed by atoms with Crippen LogP contribution >= 0.6 is 0 Å². The number of halogens is 1. The first-order valence-electron chi connectivity index (χ1n) is 14.8. The van der Waals surface area contributed by atoms with Crippen molar-refractivity contribution in [3.05, 3.63) is 82.7 Å². The molecule has 0 N–H and O–H groups in total. The summed E-state index contributed by atoms with van der Waals surface area (Å²) in [5.41, 5.74) is 4.21. The molecule has 2 fully saturated rings. The van der Waals surface area contributed by atoms with Gasteiger partial charge in [0.15, 0.2) is 0 Å². The van der Waals surface area contributed by atoms with Gasteiger partial charge >= 0.3 is 0 Å². The molecule has 2 aromatic rings. The molecule has 6 heteroatoms. The molecule has 4 aliphatic rings. The average Bonchev–Trinajstić information content (AvgIpc) is 2.94. The molecule has 6 rings (SSSR count). The summed E-state index contributed by atoms with van der Waals surface area (Å²) in [5, 5.41) is 0. The highest BCUT2D eigenvalue weighted by Gasteiger charge is 2.51. The predicted molar refractivity (Wildman–Crippen MR) is 158 cm³/mol. The van der Waals surface area contributed by atoms with Crippen molar-refractivity contribution < 1.29 is 14.0 Å². The molecule has 0 radical (unpaired) electrons. The van der Waals surface area contributed by atoms with E-state index in [1.165, 1.54) is 29.7 Å². The minimum absolute atomic E-state index is 0.0485. The monoisotopic (exact) mass is 545 g/mol. The Labute approximate surface area is 239 Å². The minimum Gasteiger partial charge on any atom is -0.336 e. The number of fused-ring (bicyclic) bond motifs is 1. The number of amides is 2. The third-order valence-electron chi connectivity index (χ3n) is 9.68. The normalized spacial score (nSPS) is 22.4. The zero-order valence-corrected chi connectivity index (χ0v) is 24.8. The Morgan fingerprint density at radius 3 is 2.15 bits per heavy atom. The molecule has 2 atom stereocenters. The lowest BCUT2D eigenvalue weighted by atomic mass is 9.49. The van der Waals surface area contributed by atoms with Gasteiger partial charge in [0.05, 0.1) is 0 Å². The Morgan fingerprint density at radius 2 is 1.57 bits per heavy atom. The van der Waals surface area contributed by atoms with Crippen LogP contribution in [-0.2, 0) is 5.41 Å². The first-order chi connectivity index (χ1) is 18.9. The van der Waals surface area contributed by atoms with E-state index in [0.29, 0.717) is 43.1 Å². The molecule has 1 saturated carbocycles. The molecular weight excluding hydrogens is 501 g/mol. The third kappa shape index (κ3) is 5.88. The standard InChI is InChI=1S/C34H44FN3O2/c1-33(2,3)27-11-6-24(7-12-27)31(39)37-19-16-36(17-20-37)18-21-38(32(40)25-9-14-29(35)15-10-25)23-26-8-13-28-22-30(26)34(28,4)5/h6-12,14-15,28,30H,13,16-23H2,1-5H3. The maximum absolute atomic E-state index is 13.6. The van der Waals surface area contributed by atoms with Gasteiger partial charge in [-0.15, -0.1) is 0 Å². The van der Waals surface area contributed by atoms with Crippen LogP contribution in [0, 0.1) is 23.1 Å². The van der Waals surface area contributed by atoms with Gasteiger partial charge in [-0.05, 0) is 77.5 Å². The van der Waals surface area contributed by atoms with E-state index in [1.807, 2.05) is 21.9 Å². The SMILES string of the molecule is CC(C)(C)c1ccc(C(=O)N2CCN(CCN(CC3=CCC4CC3C4(C)C)C(=O)c3ccc(F)cc3)CC2)cc1. The fraction of sp³-hybridized carbons (Fsp3) is 0.529. The van der Waals surface area contributed by atoms with E-state index in [-0.39, 0.29) is 23.0 Å². The third-order valence-corrected chi connectivity index (χ3v) is 9.68. The van der Waals surface area contributed by atoms with Crippen LogP contribution in [-0.4, -0.2) is 72.3 Å². The number of benzene rings is 2. The molecule has 2 bridgehead atoms. The van der Waals surface area contributed by atoms with Crippen molar-refractivity contribution in [1.29, 1.82) is 0 Å². The van der Waals surface area contributed by atoms with Crippen LogP contribution in [0.4, 0.5) is 4.39 Å². The Balaban J connectivity index is 1.20. The van der Waals surface area contributed by atoms with Gasteiger partial charge in [0, 0.05) is 56.9 Å². The summed E-state index contributed by atoms with van der Waals surface area (Å²) >= 11 is 0. The second-order valence-corrected chi connectivity index (χ2v) is 13.5. The van der Waals surface area contributed by atoms with Crippen LogP contribution < -0.4 is 0 Å². The number of allylic oxidation sites excluding steroid dienone is 1. The summed E-state index contributed by atoms with van der Waals surface area (Å²) in [4.78, 5) is 32.9. The van der Waals surface area contributed by atoms with Gasteiger partial charge in [-0.25, -0.2) is 4.39 Å². The van der Waals surface area contributed by atoms with E-state index in [2.05, 4.69) is 57.7 Å². The minimum atomic E-state index is -0.335. The molecule has 2 aromatic carbocycles. The van der Waals surface area contributed by atoms with E-state index >= 15 is 0 Å². The van der Waals surface area contributed by atoms with E-state index in [1.54, 1.807) is 12.1 Å². The van der Waals surface area contributed by atoms with E-state index < -0.39 is 0 Å². The summed E-state index contributed by atoms with van der Waals surface area (Å²) in [6.07, 6.45) is 4.66. The van der Waals surface area contributed by atoms with Gasteiger partial charge in [0.2, 0.25) is 0 Å². The summed E-state index contributed by atoms with van der Waals surface area (Å²) in [5.74, 6) is 0.976. The molecular formula is C34H44FN3O2. The largest absolute Gasteiger partial charge is 0.336 e. The predicted octanol–water partition coefficient (Wildman–Crippen LogP) is 6.02. The molecule has 2 amide bonds. The molecule has 0 spiro atoms. The summed E-state index contributed by atoms with van der Waals surface area (Å²) in [6, 6.07) is 13.9. The molecule has 1 aliphatic heterocycles. The topological polar surface area (TPSA) is 43.9 Å². The number of hydrogen-bond donors (Lipinski definition) is 0. The van der Waals surface area contributed by atoms with Crippen molar-refractivity contribution in [2.45, 2.75) is 52.9 Å². The van der Waals surface area contributed by atoms with Crippen molar-refractivity contribution in [3.63, 3.8) is 0 Å². The highest BCUT2D eigenvalue weighted by Crippen LogP contribution is 2.59. The lowest BCUT2D eigenvalue weighted by Crippen LogP contribution is -2.52. The van der Waals surface area contributed by atoms with Crippen LogP contribution in [0.15, 0.2) is 60.2 Å². The number of rotatable bonds is 7. The zero-order chi connectivity index (χ0) is 28.7. The molecule has 40 heavy (non-hydrogen) atoms. The lowest BCUT2D eigenvalue weighted by molar-refractivity contribution is -0.0105. The summed E-state index contributed by atoms with van der Waals surface area (Å²) < 4.78 is 13.5. The van der Waals surface area contributed by atoms with Gasteiger partial charge in [0.25, 0.3) is 11.8 Å². The molecule has 3 aliphatic carbocycles. The Bertz CT molecular complexity index is 1250. The van der Waals surface area contributed by atoms with Crippen LogP contribution in [0.25, 0.3) is 0 Å². The van der Waals surface area contributed by atoms with Gasteiger partial charge in [-0.1, -0.05) is 58.4 Å². The Kier molecular flexibility index (Phi) is 7.93. The molecule has 214 valence electrons. The summed E-state index contributed by atoms with van der Waals surface area (Å²) in [7, 11) is 0. The number of piperazine rings is 1. The number of hydrogen-bond acceptors (Lipinski definition) is 3. The fourth-order valence-corrected chi connectivity index (χ4v) is 6.64. The quantitative estimate of drug-likeness (QED) is 0.400. The van der Waals surface area contributed by atoms with Crippen LogP contribution in [0.1, 0.15) is 73.7 Å². The van der Waals surface area contributed by atoms with Crippen LogP contribution in [0.5, 0.6) is 0 Å². The van der Waals surface area contributed by atoms with Crippen LogP contribution in [0.3, 0.4) is 0 Å². The molecule has 2 unspecified atom stereocenters. The second kappa shape index (κ2) is 11.1. The highest BCUT2D eigenvalue weighted by atomic mass is 19.1. The zero-order valence-electron chi connectivity index (χ0n) is 24.8. The van der Waals surface area contributed by atoms with Crippen molar-refractivity contribution in [1.82, 2.24) is 14.7 Å². The maximum atomic E-state index is 13.6. The number of carbonyl (C=O) groups excluding carboxylic acids is 2. The Hall–Kier alpha value is -2.99. The van der Waals surface area contributed by atoms with Gasteiger partial charge in [-0.3, -0.25) is 14.5 Å². The van der Waals surface area contributed by atoms with Gasteiger partial charge in [-0.2, -0.15) is 0 Å². The van der Waals surface area contributed by atoms with E-state index in [0.717, 1.165) is 37.5 Å². The average molecular weight is 546 g/mol. The second-order valence-electron chi connectivity index (χ2n) is 13.5. The maximum Gasteiger partial charge on any atom is 0.254 e. The summed E-state index contributed by atoms with van der Waals surface area (Å²) in [6.45, 7) is 16.1. The van der Waals surface area contributed by atoms with Crippen molar-refractivity contribution in [3.8, 4) is 0 Å².